The van der Waals surface area contributed by atoms with Crippen molar-refractivity contribution in [3.63, 3.8) is 0 Å². The van der Waals surface area contributed by atoms with Gasteiger partial charge in [-0.2, -0.15) is 0 Å². The number of amides is 1. The average molecular weight is 292 g/mol. The molecule has 21 heavy (non-hydrogen) atoms. The Morgan fingerprint density at radius 2 is 2.14 bits per heavy atom. The topological polar surface area (TPSA) is 102 Å². The van der Waals surface area contributed by atoms with Crippen molar-refractivity contribution in [2.45, 2.75) is 19.8 Å². The molecule has 1 aromatic carbocycles. The number of hydrogen-bond acceptors (Lipinski definition) is 5. The number of nitrogens with one attached hydrogen (secondary N) is 1. The number of fused-ring (bicyclic) bond motifs is 1. The van der Waals surface area contributed by atoms with Crippen molar-refractivity contribution in [2.75, 3.05) is 18.5 Å². The van der Waals surface area contributed by atoms with Crippen LogP contribution < -0.4 is 5.32 Å². The van der Waals surface area contributed by atoms with Gasteiger partial charge in [0.1, 0.15) is 18.7 Å². The molecule has 0 unspecified atom stereocenters. The van der Waals surface area contributed by atoms with E-state index in [4.69, 9.17) is 14.3 Å². The zero-order valence-corrected chi connectivity index (χ0v) is 11.8. The lowest BCUT2D eigenvalue weighted by Gasteiger charge is -2.04. The molecule has 2 rings (SSSR count). The third-order valence-corrected chi connectivity index (χ3v) is 2.64. The quantitative estimate of drug-likeness (QED) is 0.844. The second kappa shape index (κ2) is 6.36. The Morgan fingerprint density at radius 1 is 1.38 bits per heavy atom. The second-order valence-corrected chi connectivity index (χ2v) is 4.82. The first-order valence-corrected chi connectivity index (χ1v) is 6.45. The van der Waals surface area contributed by atoms with E-state index in [1.165, 1.54) is 0 Å². The average Bonchev–Trinajstić information content (AvgIpc) is 2.81. The van der Waals surface area contributed by atoms with Crippen LogP contribution in [-0.4, -0.2) is 35.2 Å². The number of aliphatic carboxylic acids is 1. The summed E-state index contributed by atoms with van der Waals surface area (Å²) < 4.78 is 10.3. The molecule has 0 fully saturated rings. The van der Waals surface area contributed by atoms with Crippen molar-refractivity contribution >= 4 is 28.7 Å². The molecule has 1 amide bonds. The van der Waals surface area contributed by atoms with Crippen molar-refractivity contribution in [3.05, 3.63) is 24.1 Å². The molecule has 112 valence electrons. The van der Waals surface area contributed by atoms with Gasteiger partial charge in [-0.1, -0.05) is 13.8 Å². The molecular formula is C14H16N2O5. The van der Waals surface area contributed by atoms with Gasteiger partial charge in [-0.15, -0.1) is 0 Å². The molecule has 1 aromatic heterocycles. The molecule has 0 saturated carbocycles. The Hall–Kier alpha value is -2.41. The fraction of sp³-hybridized carbons (Fsp3) is 0.357. The number of carboxylic acid groups (broad SMARTS) is 1. The van der Waals surface area contributed by atoms with Gasteiger partial charge >= 0.3 is 5.97 Å². The number of rotatable bonds is 6. The summed E-state index contributed by atoms with van der Waals surface area (Å²) in [5.41, 5.74) is 1.86. The molecular weight excluding hydrogens is 276 g/mol. The number of nitrogens with zero attached hydrogens (tertiary/aromatic N) is 1. The highest BCUT2D eigenvalue weighted by atomic mass is 16.5. The SMILES string of the molecule is CC(C)c1nc2cc(NC(=O)COCC(=O)O)ccc2o1. The molecule has 0 aliphatic heterocycles. The zero-order chi connectivity index (χ0) is 15.4. The van der Waals surface area contributed by atoms with E-state index in [2.05, 4.69) is 10.3 Å². The van der Waals surface area contributed by atoms with Crippen LogP contribution in [0.5, 0.6) is 0 Å². The van der Waals surface area contributed by atoms with Crippen LogP contribution in [0.3, 0.4) is 0 Å². The molecule has 0 saturated heterocycles. The fourth-order valence-electron chi connectivity index (χ4n) is 1.70. The Balaban J connectivity index is 2.02. The highest BCUT2D eigenvalue weighted by Crippen LogP contribution is 2.23. The maximum Gasteiger partial charge on any atom is 0.329 e. The number of carbonyl (C=O) groups excluding carboxylic acids is 1. The summed E-state index contributed by atoms with van der Waals surface area (Å²) in [6, 6.07) is 5.11. The van der Waals surface area contributed by atoms with Gasteiger partial charge in [0.25, 0.3) is 0 Å². The molecule has 0 aliphatic rings. The first-order chi connectivity index (χ1) is 9.95. The van der Waals surface area contributed by atoms with Crippen LogP contribution in [0.1, 0.15) is 25.7 Å². The van der Waals surface area contributed by atoms with E-state index in [-0.39, 0.29) is 12.5 Å². The zero-order valence-electron chi connectivity index (χ0n) is 11.8. The predicted molar refractivity (Wildman–Crippen MR) is 75.2 cm³/mol. The molecule has 1 heterocycles. The van der Waals surface area contributed by atoms with Crippen LogP contribution in [-0.2, 0) is 14.3 Å². The van der Waals surface area contributed by atoms with Crippen molar-refractivity contribution < 1.29 is 23.8 Å². The van der Waals surface area contributed by atoms with Crippen LogP contribution in [0.4, 0.5) is 5.69 Å². The summed E-state index contributed by atoms with van der Waals surface area (Å²) in [6.45, 7) is 3.13. The van der Waals surface area contributed by atoms with Gasteiger partial charge in [0.15, 0.2) is 11.5 Å². The lowest BCUT2D eigenvalue weighted by Crippen LogP contribution is -2.20. The smallest absolute Gasteiger partial charge is 0.329 e. The molecule has 2 aromatic rings. The van der Waals surface area contributed by atoms with E-state index in [0.29, 0.717) is 22.7 Å². The molecule has 0 bridgehead atoms. The number of carboxylic acids is 1. The fourth-order valence-corrected chi connectivity index (χ4v) is 1.70. The molecule has 0 atom stereocenters. The summed E-state index contributed by atoms with van der Waals surface area (Å²) in [4.78, 5) is 26.2. The van der Waals surface area contributed by atoms with Gasteiger partial charge in [0.2, 0.25) is 5.91 Å². The Morgan fingerprint density at radius 3 is 2.81 bits per heavy atom. The molecule has 0 spiro atoms. The standard InChI is InChI=1S/C14H16N2O5/c1-8(2)14-16-10-5-9(3-4-11(10)21-14)15-12(17)6-20-7-13(18)19/h3-5,8H,6-7H2,1-2H3,(H,15,17)(H,18,19). The van der Waals surface area contributed by atoms with Crippen molar-refractivity contribution in [1.29, 1.82) is 0 Å². The summed E-state index contributed by atoms with van der Waals surface area (Å²) in [7, 11) is 0. The Labute approximate surface area is 120 Å². The Bertz CT molecular complexity index is 662. The van der Waals surface area contributed by atoms with E-state index in [0.717, 1.165) is 0 Å². The van der Waals surface area contributed by atoms with Crippen molar-refractivity contribution in [2.24, 2.45) is 0 Å². The molecule has 0 aliphatic carbocycles. The first kappa shape index (κ1) is 15.0. The number of aromatic nitrogens is 1. The number of carbonyl (C=O) groups is 2. The summed E-state index contributed by atoms with van der Waals surface area (Å²) in [5, 5.41) is 11.0. The third-order valence-electron chi connectivity index (χ3n) is 2.64. The van der Waals surface area contributed by atoms with E-state index >= 15 is 0 Å². The number of hydrogen-bond donors (Lipinski definition) is 2. The summed E-state index contributed by atoms with van der Waals surface area (Å²) in [6.07, 6.45) is 0. The van der Waals surface area contributed by atoms with E-state index in [1.807, 2.05) is 13.8 Å². The van der Waals surface area contributed by atoms with Gasteiger partial charge in [0, 0.05) is 11.6 Å². The molecule has 7 heteroatoms. The van der Waals surface area contributed by atoms with Gasteiger partial charge in [-0.3, -0.25) is 4.79 Å². The minimum Gasteiger partial charge on any atom is -0.480 e. The maximum atomic E-state index is 11.6. The molecule has 2 N–H and O–H groups in total. The first-order valence-electron chi connectivity index (χ1n) is 6.45. The van der Waals surface area contributed by atoms with E-state index in [9.17, 15) is 9.59 Å². The van der Waals surface area contributed by atoms with Gasteiger partial charge in [-0.05, 0) is 18.2 Å². The van der Waals surface area contributed by atoms with Crippen molar-refractivity contribution in [1.82, 2.24) is 4.98 Å². The van der Waals surface area contributed by atoms with Crippen LogP contribution in [0, 0.1) is 0 Å². The minimum absolute atomic E-state index is 0.180. The lowest BCUT2D eigenvalue weighted by molar-refractivity contribution is -0.143. The second-order valence-electron chi connectivity index (χ2n) is 4.82. The van der Waals surface area contributed by atoms with Gasteiger partial charge in [0.05, 0.1) is 0 Å². The number of ether oxygens (including phenoxy) is 1. The summed E-state index contributed by atoms with van der Waals surface area (Å²) in [5.74, 6) is -0.727. The van der Waals surface area contributed by atoms with Crippen LogP contribution in [0.15, 0.2) is 22.6 Å². The largest absolute Gasteiger partial charge is 0.480 e. The van der Waals surface area contributed by atoms with Crippen LogP contribution >= 0.6 is 0 Å². The highest BCUT2D eigenvalue weighted by Gasteiger charge is 2.11. The number of oxazole rings is 1. The monoisotopic (exact) mass is 292 g/mol. The van der Waals surface area contributed by atoms with Crippen LogP contribution in [0.2, 0.25) is 0 Å². The van der Waals surface area contributed by atoms with Crippen LogP contribution in [0.25, 0.3) is 11.1 Å². The normalized spacial score (nSPS) is 11.0. The third kappa shape index (κ3) is 4.03. The van der Waals surface area contributed by atoms with Gasteiger partial charge in [-0.25, -0.2) is 9.78 Å². The molecule has 0 radical (unpaired) electrons. The Kier molecular flexibility index (Phi) is 4.54. The lowest BCUT2D eigenvalue weighted by atomic mass is 10.2. The van der Waals surface area contributed by atoms with Gasteiger partial charge < -0.3 is 19.6 Å². The van der Waals surface area contributed by atoms with Crippen molar-refractivity contribution in [3.8, 4) is 0 Å². The van der Waals surface area contributed by atoms with E-state index in [1.54, 1.807) is 18.2 Å². The number of benzene rings is 1. The summed E-state index contributed by atoms with van der Waals surface area (Å²) >= 11 is 0. The predicted octanol–water partition coefficient (Wildman–Crippen LogP) is 1.99. The highest BCUT2D eigenvalue weighted by molar-refractivity contribution is 5.93. The molecule has 7 nitrogen and oxygen atoms in total. The van der Waals surface area contributed by atoms with E-state index < -0.39 is 18.5 Å². The number of anilines is 1. The minimum atomic E-state index is -1.12. The maximum absolute atomic E-state index is 11.6.